The van der Waals surface area contributed by atoms with E-state index in [2.05, 4.69) is 59.5 Å². The van der Waals surface area contributed by atoms with Gasteiger partial charge in [0.2, 0.25) is 11.8 Å². The van der Waals surface area contributed by atoms with Gasteiger partial charge in [0, 0.05) is 60.4 Å². The van der Waals surface area contributed by atoms with Gasteiger partial charge in [-0.25, -0.2) is 4.79 Å². The van der Waals surface area contributed by atoms with E-state index in [1.807, 2.05) is 31.4 Å². The zero-order valence-corrected chi connectivity index (χ0v) is 30.5. The van der Waals surface area contributed by atoms with Crippen LogP contribution in [0.2, 0.25) is 0 Å². The highest BCUT2D eigenvalue weighted by Crippen LogP contribution is 2.37. The summed E-state index contributed by atoms with van der Waals surface area (Å²) in [6, 6.07) is 19.8. The van der Waals surface area contributed by atoms with Crippen LogP contribution in [0.25, 0.3) is 55.2 Å². The zero-order valence-electron chi connectivity index (χ0n) is 30.5. The van der Waals surface area contributed by atoms with Crippen molar-refractivity contribution >= 4 is 50.5 Å². The second kappa shape index (κ2) is 13.8. The lowest BCUT2D eigenvalue weighted by Crippen LogP contribution is -2.39. The molecule has 1 aliphatic rings. The Bertz CT molecular complexity index is 2860. The molecule has 1 aliphatic heterocycles. The summed E-state index contributed by atoms with van der Waals surface area (Å²) in [4.78, 5) is 58.9. The molecule has 3 aromatic carbocycles. The molecule has 7 aromatic rings. The Morgan fingerprint density at radius 3 is 2.58 bits per heavy atom. The number of amides is 3. The summed E-state index contributed by atoms with van der Waals surface area (Å²) in [6.45, 7) is 4.29. The van der Waals surface area contributed by atoms with E-state index in [9.17, 15) is 23.6 Å². The quantitative estimate of drug-likeness (QED) is 0.148. The van der Waals surface area contributed by atoms with Crippen molar-refractivity contribution in [2.24, 2.45) is 14.1 Å². The van der Waals surface area contributed by atoms with E-state index < -0.39 is 23.7 Å². The molecule has 0 saturated carbocycles. The molecule has 2 N–H and O–H groups in total. The fourth-order valence-corrected chi connectivity index (χ4v) is 7.36. The van der Waals surface area contributed by atoms with E-state index >= 15 is 0 Å². The van der Waals surface area contributed by atoms with E-state index in [1.54, 1.807) is 52.7 Å². The molecule has 1 fully saturated rings. The van der Waals surface area contributed by atoms with Gasteiger partial charge in [-0.05, 0) is 82.9 Å². The maximum Gasteiger partial charge on any atom is 0.328 e. The lowest BCUT2D eigenvalue weighted by Gasteiger charge is -2.19. The Kier molecular flexibility index (Phi) is 8.85. The van der Waals surface area contributed by atoms with Crippen molar-refractivity contribution in [1.29, 1.82) is 0 Å². The number of halogens is 1. The predicted octanol–water partition coefficient (Wildman–Crippen LogP) is 6.46. The zero-order chi connectivity index (χ0) is 38.5. The third-order valence-electron chi connectivity index (χ3n) is 10.2. The van der Waals surface area contributed by atoms with Crippen molar-refractivity contribution < 1.29 is 23.2 Å². The Morgan fingerprint density at radius 2 is 1.82 bits per heavy atom. The first kappa shape index (κ1) is 35.2. The van der Waals surface area contributed by atoms with Gasteiger partial charge in [0.05, 0.1) is 29.2 Å². The molecular weight excluding hydrogens is 700 g/mol. The van der Waals surface area contributed by atoms with Gasteiger partial charge < -0.3 is 9.73 Å². The lowest BCUT2D eigenvalue weighted by molar-refractivity contribution is -0.134. The van der Waals surface area contributed by atoms with Crippen LogP contribution in [0.5, 0.6) is 0 Å². The first-order chi connectivity index (χ1) is 26.5. The first-order valence-corrected chi connectivity index (χ1v) is 17.9. The van der Waals surface area contributed by atoms with Crippen LogP contribution < -0.4 is 16.3 Å². The molecule has 8 rings (SSSR count). The minimum atomic E-state index is -0.862. The molecule has 1 saturated heterocycles. The van der Waals surface area contributed by atoms with E-state index in [0.29, 0.717) is 16.6 Å². The topological polar surface area (TPSA) is 141 Å². The van der Waals surface area contributed by atoms with Crippen molar-refractivity contribution in [1.82, 2.24) is 29.7 Å². The number of piperidine rings is 1. The lowest BCUT2D eigenvalue weighted by atomic mass is 9.89. The number of nitrogens with zero attached hydrogens (tertiary/aromatic N) is 4. The maximum absolute atomic E-state index is 14.8. The number of carbonyl (C=O) groups excluding carboxylic acids is 3. The molecule has 0 bridgehead atoms. The molecule has 0 radical (unpaired) electrons. The molecule has 1 unspecified atom stereocenters. The number of imide groups is 1. The third kappa shape index (κ3) is 6.33. The summed E-state index contributed by atoms with van der Waals surface area (Å²) < 4.78 is 23.4. The van der Waals surface area contributed by atoms with E-state index in [0.717, 1.165) is 44.1 Å². The summed E-state index contributed by atoms with van der Waals surface area (Å²) in [5.41, 5.74) is 7.45. The van der Waals surface area contributed by atoms with Gasteiger partial charge in [0.15, 0.2) is 0 Å². The molecule has 12 heteroatoms. The average molecular weight is 735 g/mol. The van der Waals surface area contributed by atoms with Gasteiger partial charge in [0.25, 0.3) is 11.9 Å². The van der Waals surface area contributed by atoms with Crippen molar-refractivity contribution in [2.75, 3.05) is 6.54 Å². The number of rotatable bonds is 6. The van der Waals surface area contributed by atoms with Crippen molar-refractivity contribution in [3.63, 3.8) is 0 Å². The molecule has 0 aliphatic carbocycles. The third-order valence-corrected chi connectivity index (χ3v) is 10.2. The molecular formula is C43H35FN6O5. The van der Waals surface area contributed by atoms with Crippen LogP contribution in [0.3, 0.4) is 0 Å². The van der Waals surface area contributed by atoms with Crippen LogP contribution in [0.15, 0.2) is 88.3 Å². The van der Waals surface area contributed by atoms with Crippen molar-refractivity contribution in [2.45, 2.75) is 38.5 Å². The maximum atomic E-state index is 14.8. The highest BCUT2D eigenvalue weighted by atomic mass is 19.1. The summed E-state index contributed by atoms with van der Waals surface area (Å²) in [6.07, 6.45) is 3.75. The SMILES string of the molecule is CC(C)c1cc(-c2cccc3cc(-c4ccc(C(=O)NCC#Cc5ccc6oc(F)c(C7CCC(=O)NC7=O)c6c5)nc4)ncc23)cc2c1n(C)c(=O)n2C. The molecule has 55 heavy (non-hydrogen) atoms. The van der Waals surface area contributed by atoms with Gasteiger partial charge in [-0.3, -0.25) is 38.8 Å². The Labute approximate surface area is 314 Å². The Hall–Kier alpha value is -6.87. The number of aryl methyl sites for hydroxylation is 2. The van der Waals surface area contributed by atoms with E-state index in [4.69, 9.17) is 9.40 Å². The number of furan rings is 1. The molecule has 3 amide bonds. The highest BCUT2D eigenvalue weighted by molar-refractivity contribution is 6.03. The molecule has 5 heterocycles. The van der Waals surface area contributed by atoms with Gasteiger partial charge in [-0.2, -0.15) is 4.39 Å². The number of fused-ring (bicyclic) bond motifs is 3. The monoisotopic (exact) mass is 734 g/mol. The second-order valence-electron chi connectivity index (χ2n) is 14.0. The number of nitrogens with one attached hydrogen (secondary N) is 2. The van der Waals surface area contributed by atoms with Crippen LogP contribution in [-0.4, -0.2) is 43.4 Å². The number of pyridine rings is 2. The second-order valence-corrected chi connectivity index (χ2v) is 14.0. The first-order valence-electron chi connectivity index (χ1n) is 17.9. The molecule has 11 nitrogen and oxygen atoms in total. The van der Waals surface area contributed by atoms with Crippen LogP contribution in [0.1, 0.15) is 65.7 Å². The Balaban J connectivity index is 0.973. The van der Waals surface area contributed by atoms with Gasteiger partial charge in [0.1, 0.15) is 11.3 Å². The Morgan fingerprint density at radius 1 is 0.982 bits per heavy atom. The number of benzene rings is 3. The summed E-state index contributed by atoms with van der Waals surface area (Å²) in [7, 11) is 3.61. The van der Waals surface area contributed by atoms with E-state index in [1.165, 1.54) is 0 Å². The fraction of sp³-hybridized carbons (Fsp3) is 0.209. The number of aromatic nitrogens is 4. The van der Waals surface area contributed by atoms with Crippen molar-refractivity contribution in [3.8, 4) is 34.2 Å². The summed E-state index contributed by atoms with van der Waals surface area (Å²) in [5, 5.41) is 7.37. The largest absolute Gasteiger partial charge is 0.431 e. The van der Waals surface area contributed by atoms with Crippen molar-refractivity contribution in [3.05, 3.63) is 118 Å². The number of imidazole rings is 1. The molecule has 0 spiro atoms. The summed E-state index contributed by atoms with van der Waals surface area (Å²) >= 11 is 0. The van der Waals surface area contributed by atoms with Crippen LogP contribution in [-0.2, 0) is 23.7 Å². The average Bonchev–Trinajstić information content (AvgIpc) is 3.62. The minimum absolute atomic E-state index is 0.0286. The number of carbonyl (C=O) groups is 3. The smallest absolute Gasteiger partial charge is 0.328 e. The van der Waals surface area contributed by atoms with Gasteiger partial charge in [-0.1, -0.05) is 43.9 Å². The number of hydrogen-bond donors (Lipinski definition) is 2. The van der Waals surface area contributed by atoms with Crippen LogP contribution >= 0.6 is 0 Å². The summed E-state index contributed by atoms with van der Waals surface area (Å²) in [5.74, 6) is 3.87. The van der Waals surface area contributed by atoms with Gasteiger partial charge in [-0.15, -0.1) is 0 Å². The van der Waals surface area contributed by atoms with E-state index in [-0.39, 0.29) is 53.7 Å². The van der Waals surface area contributed by atoms with Crippen LogP contribution in [0.4, 0.5) is 4.39 Å². The minimum Gasteiger partial charge on any atom is -0.431 e. The fourth-order valence-electron chi connectivity index (χ4n) is 7.36. The number of hydrogen-bond acceptors (Lipinski definition) is 7. The van der Waals surface area contributed by atoms with Crippen LogP contribution in [0, 0.1) is 17.9 Å². The molecule has 1 atom stereocenters. The highest BCUT2D eigenvalue weighted by Gasteiger charge is 2.33. The molecule has 4 aromatic heterocycles. The molecule has 274 valence electrons. The van der Waals surface area contributed by atoms with Gasteiger partial charge >= 0.3 is 5.69 Å². The standard InChI is InChI=1S/C43H35FN6O5/c1-23(2)30-18-27(20-35-39(30)50(4)43(54)49(35)3)28-9-5-8-25-19-34(47-22-32(25)28)26-11-13-33(46-21-26)42(53)45-16-6-7-24-10-14-36-31(17-24)38(40(44)55-36)29-12-15-37(51)48-41(29)52/h5,8-11,13-14,17-23,29H,12,15-16H2,1-4H3,(H,45,53)(H,48,51,52). The normalized spacial score (nSPS) is 14.4. The predicted molar refractivity (Wildman–Crippen MR) is 207 cm³/mol.